The molecule has 3 atom stereocenters. The van der Waals surface area contributed by atoms with Crippen LogP contribution in [0.2, 0.25) is 0 Å². The summed E-state index contributed by atoms with van der Waals surface area (Å²) in [5, 5.41) is 0. The van der Waals surface area contributed by atoms with Crippen molar-refractivity contribution in [3.05, 3.63) is 68.7 Å². The minimum atomic E-state index is -1.41. The Bertz CT molecular complexity index is 788. The molecule has 0 saturated heterocycles. The second kappa shape index (κ2) is 6.45. The lowest BCUT2D eigenvalue weighted by Gasteiger charge is -2.39. The maximum atomic E-state index is 14.2. The summed E-state index contributed by atoms with van der Waals surface area (Å²) in [5.74, 6) is -1.50. The lowest BCUT2D eigenvalue weighted by Crippen LogP contribution is -2.51. The zero-order chi connectivity index (χ0) is 16.4. The standard InChI is InChI=1S/C16H16F2N2O3/c17-12-7-19-16(22)20(15(12)21)13-6-11(14(13)18)9-23-8-10-4-2-1-3-5-10/h1-5,7,11,13-14H,6,8-9H2,(H,19,22). The van der Waals surface area contributed by atoms with Crippen LogP contribution >= 0.6 is 0 Å². The zero-order valence-corrected chi connectivity index (χ0v) is 12.2. The van der Waals surface area contributed by atoms with Gasteiger partial charge < -0.3 is 9.72 Å². The van der Waals surface area contributed by atoms with Gasteiger partial charge in [-0.3, -0.25) is 9.36 Å². The first-order chi connectivity index (χ1) is 11.1. The smallest absolute Gasteiger partial charge is 0.328 e. The summed E-state index contributed by atoms with van der Waals surface area (Å²) < 4.78 is 33.6. The van der Waals surface area contributed by atoms with Crippen LogP contribution in [0.5, 0.6) is 0 Å². The van der Waals surface area contributed by atoms with Gasteiger partial charge in [-0.15, -0.1) is 0 Å². The van der Waals surface area contributed by atoms with Crippen molar-refractivity contribution in [2.24, 2.45) is 5.92 Å². The van der Waals surface area contributed by atoms with Gasteiger partial charge in [0.2, 0.25) is 5.82 Å². The summed E-state index contributed by atoms with van der Waals surface area (Å²) in [6.07, 6.45) is -0.456. The first-order valence-corrected chi connectivity index (χ1v) is 7.33. The molecule has 1 aromatic heterocycles. The van der Waals surface area contributed by atoms with Gasteiger partial charge in [0.25, 0.3) is 5.56 Å². The number of hydrogen-bond acceptors (Lipinski definition) is 3. The van der Waals surface area contributed by atoms with Crippen LogP contribution in [0, 0.1) is 11.7 Å². The van der Waals surface area contributed by atoms with Gasteiger partial charge in [-0.1, -0.05) is 30.3 Å². The number of aromatic nitrogens is 2. The molecular formula is C16H16F2N2O3. The molecule has 122 valence electrons. The largest absolute Gasteiger partial charge is 0.376 e. The number of halogens is 2. The minimum Gasteiger partial charge on any atom is -0.376 e. The molecular weight excluding hydrogens is 306 g/mol. The van der Waals surface area contributed by atoms with Gasteiger partial charge in [0.1, 0.15) is 6.17 Å². The van der Waals surface area contributed by atoms with Crippen molar-refractivity contribution in [3.8, 4) is 0 Å². The highest BCUT2D eigenvalue weighted by Crippen LogP contribution is 2.39. The van der Waals surface area contributed by atoms with Crippen LogP contribution in [0.25, 0.3) is 0 Å². The molecule has 0 spiro atoms. The third-order valence-corrected chi connectivity index (χ3v) is 4.10. The number of aromatic amines is 1. The van der Waals surface area contributed by atoms with Gasteiger partial charge in [0.05, 0.1) is 19.3 Å². The molecule has 1 aliphatic rings. The highest BCUT2D eigenvalue weighted by molar-refractivity contribution is 5.13. The molecule has 23 heavy (non-hydrogen) atoms. The van der Waals surface area contributed by atoms with Gasteiger partial charge in [-0.2, -0.15) is 4.39 Å². The predicted molar refractivity (Wildman–Crippen MR) is 79.4 cm³/mol. The van der Waals surface area contributed by atoms with Crippen molar-refractivity contribution in [2.45, 2.75) is 25.2 Å². The molecule has 0 amide bonds. The predicted octanol–water partition coefficient (Wildman–Crippen LogP) is 1.79. The normalized spacial score (nSPS) is 23.5. The molecule has 1 fully saturated rings. The number of alkyl halides is 1. The molecule has 0 radical (unpaired) electrons. The quantitative estimate of drug-likeness (QED) is 0.913. The highest BCUT2D eigenvalue weighted by atomic mass is 19.1. The van der Waals surface area contributed by atoms with E-state index < -0.39 is 35.2 Å². The van der Waals surface area contributed by atoms with Gasteiger partial charge >= 0.3 is 5.69 Å². The van der Waals surface area contributed by atoms with Crippen molar-refractivity contribution in [2.75, 3.05) is 6.61 Å². The second-order valence-corrected chi connectivity index (χ2v) is 5.63. The fourth-order valence-corrected chi connectivity index (χ4v) is 2.76. The van der Waals surface area contributed by atoms with Gasteiger partial charge in [0.15, 0.2) is 0 Å². The van der Waals surface area contributed by atoms with E-state index in [9.17, 15) is 18.4 Å². The molecule has 1 heterocycles. The fourth-order valence-electron chi connectivity index (χ4n) is 2.76. The topological polar surface area (TPSA) is 64.1 Å². The molecule has 1 aliphatic carbocycles. The third kappa shape index (κ3) is 3.10. The first-order valence-electron chi connectivity index (χ1n) is 7.33. The summed E-state index contributed by atoms with van der Waals surface area (Å²) in [6, 6.07) is 8.54. The van der Waals surface area contributed by atoms with E-state index in [1.165, 1.54) is 0 Å². The minimum absolute atomic E-state index is 0.189. The third-order valence-electron chi connectivity index (χ3n) is 4.10. The van der Waals surface area contributed by atoms with E-state index in [2.05, 4.69) is 4.98 Å². The van der Waals surface area contributed by atoms with Crippen LogP contribution < -0.4 is 11.2 Å². The molecule has 7 heteroatoms. The van der Waals surface area contributed by atoms with Gasteiger partial charge in [-0.05, 0) is 12.0 Å². The monoisotopic (exact) mass is 322 g/mol. The Morgan fingerprint density at radius 3 is 2.70 bits per heavy atom. The zero-order valence-electron chi connectivity index (χ0n) is 12.2. The van der Waals surface area contributed by atoms with Crippen LogP contribution in [0.15, 0.2) is 46.1 Å². The summed E-state index contributed by atoms with van der Waals surface area (Å²) in [6.45, 7) is 0.559. The van der Waals surface area contributed by atoms with Crippen LogP contribution in [0.3, 0.4) is 0 Å². The summed E-state index contributed by atoms with van der Waals surface area (Å²) in [4.78, 5) is 25.4. The number of H-pyrrole nitrogens is 1. The van der Waals surface area contributed by atoms with E-state index in [1.54, 1.807) is 0 Å². The molecule has 0 bridgehead atoms. The van der Waals surface area contributed by atoms with E-state index in [0.717, 1.165) is 5.56 Å². The number of benzene rings is 1. The van der Waals surface area contributed by atoms with Crippen molar-refractivity contribution < 1.29 is 13.5 Å². The second-order valence-electron chi connectivity index (χ2n) is 5.63. The van der Waals surface area contributed by atoms with E-state index >= 15 is 0 Å². The van der Waals surface area contributed by atoms with Crippen LogP contribution in [-0.4, -0.2) is 22.3 Å². The van der Waals surface area contributed by atoms with Crippen molar-refractivity contribution >= 4 is 0 Å². The lowest BCUT2D eigenvalue weighted by atomic mass is 9.78. The van der Waals surface area contributed by atoms with E-state index in [1.807, 2.05) is 30.3 Å². The van der Waals surface area contributed by atoms with Crippen molar-refractivity contribution in [1.82, 2.24) is 9.55 Å². The summed E-state index contributed by atoms with van der Waals surface area (Å²) in [7, 11) is 0. The Morgan fingerprint density at radius 1 is 1.26 bits per heavy atom. The Hall–Kier alpha value is -2.28. The van der Waals surface area contributed by atoms with E-state index in [0.29, 0.717) is 17.4 Å². The van der Waals surface area contributed by atoms with Gasteiger partial charge in [0, 0.05) is 12.1 Å². The lowest BCUT2D eigenvalue weighted by molar-refractivity contribution is -0.0328. The average Bonchev–Trinajstić information content (AvgIpc) is 2.56. The Kier molecular flexibility index (Phi) is 4.38. The van der Waals surface area contributed by atoms with Gasteiger partial charge in [-0.25, -0.2) is 9.18 Å². The Morgan fingerprint density at radius 2 is 2.00 bits per heavy atom. The molecule has 3 rings (SSSR count). The maximum absolute atomic E-state index is 14.2. The number of ether oxygens (including phenoxy) is 1. The Labute approximate surface area is 130 Å². The van der Waals surface area contributed by atoms with E-state index in [-0.39, 0.29) is 13.0 Å². The number of hydrogen-bond donors (Lipinski definition) is 1. The molecule has 1 aromatic carbocycles. The molecule has 1 saturated carbocycles. The van der Waals surface area contributed by atoms with Crippen molar-refractivity contribution in [3.63, 3.8) is 0 Å². The average molecular weight is 322 g/mol. The van der Waals surface area contributed by atoms with E-state index in [4.69, 9.17) is 4.74 Å². The summed E-state index contributed by atoms with van der Waals surface area (Å²) in [5.41, 5.74) is -0.908. The van der Waals surface area contributed by atoms with Crippen LogP contribution in [-0.2, 0) is 11.3 Å². The van der Waals surface area contributed by atoms with Crippen LogP contribution in [0.1, 0.15) is 18.0 Å². The Balaban J connectivity index is 1.59. The molecule has 1 N–H and O–H groups in total. The molecule has 5 nitrogen and oxygen atoms in total. The highest BCUT2D eigenvalue weighted by Gasteiger charge is 2.44. The van der Waals surface area contributed by atoms with Crippen LogP contribution in [0.4, 0.5) is 8.78 Å². The molecule has 0 aliphatic heterocycles. The molecule has 3 unspecified atom stereocenters. The number of nitrogens with zero attached hydrogens (tertiary/aromatic N) is 1. The SMILES string of the molecule is O=c1[nH]cc(F)c(=O)n1C1CC(COCc2ccccc2)C1F. The fraction of sp³-hybridized carbons (Fsp3) is 0.375. The number of nitrogens with one attached hydrogen (secondary N) is 1. The number of rotatable bonds is 5. The summed E-state index contributed by atoms with van der Waals surface area (Å²) >= 11 is 0. The maximum Gasteiger partial charge on any atom is 0.328 e. The molecule has 2 aromatic rings. The van der Waals surface area contributed by atoms with Crippen molar-refractivity contribution in [1.29, 1.82) is 0 Å². The first kappa shape index (κ1) is 15.6.